The number of ether oxygens (including phenoxy) is 2. The third-order valence-electron chi connectivity index (χ3n) is 7.83. The van der Waals surface area contributed by atoms with Crippen molar-refractivity contribution in [3.8, 4) is 11.1 Å². The number of unbranched alkanes of at least 4 members (excludes halogenated alkanes) is 12. The van der Waals surface area contributed by atoms with E-state index in [-0.39, 0.29) is 18.9 Å². The second-order valence-electron chi connectivity index (χ2n) is 11.0. The molecule has 1 amide bonds. The number of esters is 1. The zero-order valence-electron chi connectivity index (χ0n) is 24.6. The van der Waals surface area contributed by atoms with Gasteiger partial charge in [-0.15, -0.1) is 0 Å². The van der Waals surface area contributed by atoms with E-state index in [0.29, 0.717) is 6.42 Å². The maximum Gasteiger partial charge on any atom is 0.407 e. The lowest BCUT2D eigenvalue weighted by Crippen LogP contribution is -2.45. The first-order valence-corrected chi connectivity index (χ1v) is 15.5. The molecule has 1 aliphatic rings. The number of carboxylic acid groups (broad SMARTS) is 1. The summed E-state index contributed by atoms with van der Waals surface area (Å²) in [5.74, 6) is -1.87. The minimum absolute atomic E-state index is 0.0744. The van der Waals surface area contributed by atoms with Crippen molar-refractivity contribution in [2.45, 2.75) is 109 Å². The summed E-state index contributed by atoms with van der Waals surface area (Å²) in [5, 5.41) is 11.8. The zero-order valence-corrected chi connectivity index (χ0v) is 24.6. The lowest BCUT2D eigenvalue weighted by atomic mass is 9.98. The van der Waals surface area contributed by atoms with Crippen molar-refractivity contribution >= 4 is 18.0 Å². The van der Waals surface area contributed by atoms with Gasteiger partial charge in [0.05, 0.1) is 0 Å². The molecule has 0 spiro atoms. The molecule has 0 saturated heterocycles. The summed E-state index contributed by atoms with van der Waals surface area (Å²) in [6, 6.07) is 14.6. The monoisotopic (exact) mass is 565 g/mol. The lowest BCUT2D eigenvalue weighted by molar-refractivity contribution is -0.148. The Morgan fingerprint density at radius 1 is 0.732 bits per heavy atom. The summed E-state index contributed by atoms with van der Waals surface area (Å²) in [7, 11) is 0. The van der Waals surface area contributed by atoms with Gasteiger partial charge in [-0.2, -0.15) is 0 Å². The van der Waals surface area contributed by atoms with Gasteiger partial charge in [-0.05, 0) is 28.7 Å². The van der Waals surface area contributed by atoms with E-state index in [1.807, 2.05) is 48.5 Å². The molecular weight excluding hydrogens is 518 g/mol. The van der Waals surface area contributed by atoms with Crippen LogP contribution in [-0.2, 0) is 19.1 Å². The molecular formula is C34H47NO6. The highest BCUT2D eigenvalue weighted by molar-refractivity contribution is 5.81. The number of fused-ring (bicyclic) bond motifs is 3. The summed E-state index contributed by atoms with van der Waals surface area (Å²) in [6.07, 6.45) is 15.2. The molecule has 0 bridgehead atoms. The molecule has 0 aromatic heterocycles. The van der Waals surface area contributed by atoms with Gasteiger partial charge in [-0.1, -0.05) is 133 Å². The van der Waals surface area contributed by atoms with E-state index in [0.717, 1.165) is 35.1 Å². The summed E-state index contributed by atoms with van der Waals surface area (Å²) in [6.45, 7) is 1.88. The highest BCUT2D eigenvalue weighted by Crippen LogP contribution is 2.44. The number of amides is 1. The van der Waals surface area contributed by atoms with Gasteiger partial charge in [0.1, 0.15) is 13.2 Å². The average molecular weight is 566 g/mol. The Labute approximate surface area is 245 Å². The van der Waals surface area contributed by atoms with E-state index in [2.05, 4.69) is 12.2 Å². The van der Waals surface area contributed by atoms with E-state index in [1.54, 1.807) is 0 Å². The Bertz CT molecular complexity index is 1050. The van der Waals surface area contributed by atoms with Crippen molar-refractivity contribution in [2.75, 3.05) is 13.2 Å². The molecule has 0 aliphatic heterocycles. The second-order valence-corrected chi connectivity index (χ2v) is 11.0. The summed E-state index contributed by atoms with van der Waals surface area (Å²) in [4.78, 5) is 36.2. The molecule has 0 unspecified atom stereocenters. The molecule has 2 aromatic carbocycles. The second kappa shape index (κ2) is 18.2. The first kappa shape index (κ1) is 32.2. The number of aliphatic carboxylic acids is 1. The van der Waals surface area contributed by atoms with Gasteiger partial charge in [0.2, 0.25) is 0 Å². The summed E-state index contributed by atoms with van der Waals surface area (Å²) >= 11 is 0. The number of benzene rings is 2. The molecule has 0 heterocycles. The Morgan fingerprint density at radius 3 is 1.73 bits per heavy atom. The minimum Gasteiger partial charge on any atom is -0.480 e. The van der Waals surface area contributed by atoms with Crippen molar-refractivity contribution in [1.29, 1.82) is 0 Å². The van der Waals surface area contributed by atoms with Crippen molar-refractivity contribution < 1.29 is 29.0 Å². The van der Waals surface area contributed by atoms with Crippen molar-refractivity contribution in [1.82, 2.24) is 5.32 Å². The summed E-state index contributed by atoms with van der Waals surface area (Å²) in [5.41, 5.74) is 4.35. The van der Waals surface area contributed by atoms with Crippen LogP contribution >= 0.6 is 0 Å². The van der Waals surface area contributed by atoms with Crippen molar-refractivity contribution in [2.24, 2.45) is 0 Å². The van der Waals surface area contributed by atoms with Gasteiger partial charge in [-0.25, -0.2) is 9.59 Å². The van der Waals surface area contributed by atoms with Crippen LogP contribution in [0.25, 0.3) is 11.1 Å². The van der Waals surface area contributed by atoms with Crippen molar-refractivity contribution in [3.63, 3.8) is 0 Å². The van der Waals surface area contributed by atoms with Crippen LogP contribution in [-0.4, -0.2) is 42.4 Å². The highest BCUT2D eigenvalue weighted by atomic mass is 16.6. The molecule has 0 radical (unpaired) electrons. The van der Waals surface area contributed by atoms with Crippen LogP contribution < -0.4 is 5.32 Å². The Morgan fingerprint density at radius 2 is 1.22 bits per heavy atom. The zero-order chi connectivity index (χ0) is 29.3. The number of hydrogen-bond donors (Lipinski definition) is 2. The highest BCUT2D eigenvalue weighted by Gasteiger charge is 2.30. The Balaban J connectivity index is 1.27. The van der Waals surface area contributed by atoms with Crippen LogP contribution in [0, 0.1) is 0 Å². The fourth-order valence-corrected chi connectivity index (χ4v) is 5.49. The molecule has 0 fully saturated rings. The smallest absolute Gasteiger partial charge is 0.407 e. The molecule has 7 nitrogen and oxygen atoms in total. The number of carboxylic acids is 1. The largest absolute Gasteiger partial charge is 0.480 e. The number of rotatable bonds is 20. The summed E-state index contributed by atoms with van der Waals surface area (Å²) < 4.78 is 10.6. The quantitative estimate of drug-likeness (QED) is 0.125. The molecule has 224 valence electrons. The normalized spacial score (nSPS) is 12.8. The van der Waals surface area contributed by atoms with Crippen LogP contribution in [0.1, 0.15) is 114 Å². The predicted octanol–water partition coefficient (Wildman–Crippen LogP) is 8.00. The molecule has 0 saturated carbocycles. The third-order valence-corrected chi connectivity index (χ3v) is 7.83. The van der Waals surface area contributed by atoms with Gasteiger partial charge < -0.3 is 19.9 Å². The average Bonchev–Trinajstić information content (AvgIpc) is 3.30. The fourth-order valence-electron chi connectivity index (χ4n) is 5.49. The van der Waals surface area contributed by atoms with Gasteiger partial charge in [-0.3, -0.25) is 4.79 Å². The minimum atomic E-state index is -1.37. The van der Waals surface area contributed by atoms with E-state index >= 15 is 0 Å². The number of carbonyl (C=O) groups excluding carboxylic acids is 2. The number of alkyl carbamates (subject to hydrolysis) is 1. The Kier molecular flexibility index (Phi) is 14.2. The standard InChI is InChI=1S/C34H47NO6/c1-2-3-4-5-6-7-8-9-10-11-12-13-14-23-32(36)40-25-31(33(37)38)35-34(39)41-24-30-28-21-17-15-19-26(28)27-20-16-18-22-29(27)30/h15-22,30-31H,2-14,23-25H2,1H3,(H,35,39)(H,37,38)/t31-/m0/s1. The van der Waals surface area contributed by atoms with Crippen LogP contribution in [0.3, 0.4) is 0 Å². The molecule has 1 atom stereocenters. The molecule has 2 N–H and O–H groups in total. The molecule has 2 aromatic rings. The first-order valence-electron chi connectivity index (χ1n) is 15.5. The Hall–Kier alpha value is -3.35. The van der Waals surface area contributed by atoms with E-state index in [9.17, 15) is 19.5 Å². The number of hydrogen-bond acceptors (Lipinski definition) is 5. The third kappa shape index (κ3) is 10.9. The first-order chi connectivity index (χ1) is 20.0. The fraction of sp³-hybridized carbons (Fsp3) is 0.559. The molecule has 41 heavy (non-hydrogen) atoms. The van der Waals surface area contributed by atoms with Crippen LogP contribution in [0.2, 0.25) is 0 Å². The molecule has 1 aliphatic carbocycles. The van der Waals surface area contributed by atoms with E-state index in [1.165, 1.54) is 64.2 Å². The van der Waals surface area contributed by atoms with Crippen LogP contribution in [0.5, 0.6) is 0 Å². The maximum absolute atomic E-state index is 12.5. The number of carbonyl (C=O) groups is 3. The van der Waals surface area contributed by atoms with E-state index < -0.39 is 30.7 Å². The van der Waals surface area contributed by atoms with Gasteiger partial charge in [0, 0.05) is 12.3 Å². The molecule has 3 rings (SSSR count). The van der Waals surface area contributed by atoms with Crippen molar-refractivity contribution in [3.05, 3.63) is 59.7 Å². The topological polar surface area (TPSA) is 102 Å². The SMILES string of the molecule is CCCCCCCCCCCCCCCC(=O)OC[C@H](NC(=O)OCC1c2ccccc2-c2ccccc21)C(=O)O. The lowest BCUT2D eigenvalue weighted by Gasteiger charge is -2.17. The predicted molar refractivity (Wildman–Crippen MR) is 161 cm³/mol. The van der Waals surface area contributed by atoms with Crippen LogP contribution in [0.4, 0.5) is 4.79 Å². The maximum atomic E-state index is 12.5. The van der Waals surface area contributed by atoms with Gasteiger partial charge in [0.25, 0.3) is 0 Å². The van der Waals surface area contributed by atoms with Gasteiger partial charge in [0.15, 0.2) is 6.04 Å². The van der Waals surface area contributed by atoms with E-state index in [4.69, 9.17) is 9.47 Å². The van der Waals surface area contributed by atoms with Gasteiger partial charge >= 0.3 is 18.0 Å². The molecule has 7 heteroatoms. The van der Waals surface area contributed by atoms with Crippen LogP contribution in [0.15, 0.2) is 48.5 Å². The number of nitrogens with one attached hydrogen (secondary N) is 1.